The molecule has 0 radical (unpaired) electrons. The van der Waals surface area contributed by atoms with Gasteiger partial charge in [-0.2, -0.15) is 0 Å². The molecule has 2 amide bonds. The van der Waals surface area contributed by atoms with Crippen LogP contribution in [0.2, 0.25) is 0 Å². The molecule has 0 aliphatic carbocycles. The topological polar surface area (TPSA) is 70.5 Å². The van der Waals surface area contributed by atoms with E-state index in [4.69, 9.17) is 4.98 Å². The van der Waals surface area contributed by atoms with Crippen LogP contribution in [0.3, 0.4) is 0 Å². The molecule has 7 heteroatoms. The van der Waals surface area contributed by atoms with Crippen LogP contribution in [0.15, 0.2) is 48.5 Å². The van der Waals surface area contributed by atoms with E-state index in [9.17, 15) is 9.59 Å². The molecule has 0 saturated heterocycles. The van der Waals surface area contributed by atoms with Gasteiger partial charge in [0.15, 0.2) is 0 Å². The minimum absolute atomic E-state index is 0.142. The molecule has 1 aromatic heterocycles. The van der Waals surface area contributed by atoms with Crippen molar-refractivity contribution in [2.45, 2.75) is 59.5 Å². The summed E-state index contributed by atoms with van der Waals surface area (Å²) in [6, 6.07) is 16.3. The number of amides is 2. The Kier molecular flexibility index (Phi) is 8.75. The number of hydrogen-bond acceptors (Lipinski definition) is 4. The minimum atomic E-state index is 0.142. The highest BCUT2D eigenvalue weighted by molar-refractivity contribution is 5.94. The Balaban J connectivity index is 1.45. The molecule has 36 heavy (non-hydrogen) atoms. The van der Waals surface area contributed by atoms with Gasteiger partial charge in [-0.25, -0.2) is 4.98 Å². The lowest BCUT2D eigenvalue weighted by Crippen LogP contribution is -2.39. The molecule has 4 rings (SSSR count). The van der Waals surface area contributed by atoms with Crippen LogP contribution in [0.5, 0.6) is 0 Å². The van der Waals surface area contributed by atoms with E-state index in [2.05, 4.69) is 42.8 Å². The van der Waals surface area contributed by atoms with Crippen LogP contribution < -0.4 is 10.2 Å². The van der Waals surface area contributed by atoms with E-state index < -0.39 is 0 Å². The second-order valence-corrected chi connectivity index (χ2v) is 9.94. The molecule has 0 saturated carbocycles. The zero-order valence-corrected chi connectivity index (χ0v) is 21.9. The summed E-state index contributed by atoms with van der Waals surface area (Å²) in [5, 5.41) is 3.49. The summed E-state index contributed by atoms with van der Waals surface area (Å²) < 4.78 is 2.20. The Morgan fingerprint density at radius 3 is 2.58 bits per heavy atom. The van der Waals surface area contributed by atoms with Crippen molar-refractivity contribution in [2.24, 2.45) is 5.92 Å². The zero-order valence-electron chi connectivity index (χ0n) is 21.9. The lowest BCUT2D eigenvalue weighted by atomic mass is 10.1. The standard InChI is InChI=1S/C29H39N5O2/c1-4-33-26-13-8-6-11-24(26)31-27(33)14-15-28(35)32-17-9-18-34(29(36)20-22(2)3)25-12-7-5-10-23(25)21-30-16-19-32/h5-8,10-13,22,30H,4,9,14-21H2,1-3H3. The summed E-state index contributed by atoms with van der Waals surface area (Å²) in [6.45, 7) is 10.4. The van der Waals surface area contributed by atoms with Crippen molar-refractivity contribution in [1.29, 1.82) is 0 Å². The van der Waals surface area contributed by atoms with Gasteiger partial charge in [-0.3, -0.25) is 9.59 Å². The zero-order chi connectivity index (χ0) is 25.5. The number of nitrogens with zero attached hydrogens (tertiary/aromatic N) is 4. The Hall–Kier alpha value is -3.19. The third-order valence-electron chi connectivity index (χ3n) is 6.82. The van der Waals surface area contributed by atoms with Crippen LogP contribution in [0.25, 0.3) is 11.0 Å². The Morgan fingerprint density at radius 2 is 1.78 bits per heavy atom. The summed E-state index contributed by atoms with van der Waals surface area (Å²) in [5.41, 5.74) is 4.20. The molecule has 0 atom stereocenters. The molecule has 1 aliphatic rings. The van der Waals surface area contributed by atoms with E-state index in [0.29, 0.717) is 57.9 Å². The number of rotatable bonds is 6. The predicted molar refractivity (Wildman–Crippen MR) is 145 cm³/mol. The van der Waals surface area contributed by atoms with Gasteiger partial charge < -0.3 is 19.7 Å². The van der Waals surface area contributed by atoms with Gasteiger partial charge in [-0.15, -0.1) is 0 Å². The Bertz CT molecular complexity index is 1190. The molecule has 0 bridgehead atoms. The maximum atomic E-state index is 13.3. The molecular weight excluding hydrogens is 450 g/mol. The number of carbonyl (C=O) groups excluding carboxylic acids is 2. The average Bonchev–Trinajstić information content (AvgIpc) is 3.21. The summed E-state index contributed by atoms with van der Waals surface area (Å²) >= 11 is 0. The number of para-hydroxylation sites is 3. The van der Waals surface area contributed by atoms with Crippen molar-refractivity contribution in [3.8, 4) is 0 Å². The average molecular weight is 490 g/mol. The van der Waals surface area contributed by atoms with Crippen molar-refractivity contribution in [2.75, 3.05) is 31.1 Å². The molecule has 1 N–H and O–H groups in total. The number of nitrogens with one attached hydrogen (secondary N) is 1. The fraction of sp³-hybridized carbons (Fsp3) is 0.483. The third-order valence-corrected chi connectivity index (χ3v) is 6.82. The van der Waals surface area contributed by atoms with Gasteiger partial charge in [-0.1, -0.05) is 44.2 Å². The summed E-state index contributed by atoms with van der Waals surface area (Å²) in [6.07, 6.45) is 2.31. The summed E-state index contributed by atoms with van der Waals surface area (Å²) in [7, 11) is 0. The smallest absolute Gasteiger partial charge is 0.227 e. The summed E-state index contributed by atoms with van der Waals surface area (Å²) in [5.74, 6) is 1.55. The number of imidazole rings is 1. The first-order valence-electron chi connectivity index (χ1n) is 13.3. The first-order valence-corrected chi connectivity index (χ1v) is 13.3. The molecule has 192 valence electrons. The van der Waals surface area contributed by atoms with Crippen LogP contribution >= 0.6 is 0 Å². The largest absolute Gasteiger partial charge is 0.341 e. The first-order chi connectivity index (χ1) is 17.5. The van der Waals surface area contributed by atoms with Gasteiger partial charge in [0.1, 0.15) is 5.82 Å². The quantitative estimate of drug-likeness (QED) is 0.558. The Morgan fingerprint density at radius 1 is 1.00 bits per heavy atom. The normalized spacial score (nSPS) is 15.1. The van der Waals surface area contributed by atoms with Crippen molar-refractivity contribution in [3.05, 3.63) is 59.9 Å². The molecule has 0 spiro atoms. The number of anilines is 1. The van der Waals surface area contributed by atoms with Crippen LogP contribution in [0.1, 0.15) is 51.4 Å². The van der Waals surface area contributed by atoms with Gasteiger partial charge in [0.2, 0.25) is 11.8 Å². The van der Waals surface area contributed by atoms with Gasteiger partial charge in [0.25, 0.3) is 0 Å². The number of aryl methyl sites for hydroxylation is 2. The highest BCUT2D eigenvalue weighted by Gasteiger charge is 2.22. The van der Waals surface area contributed by atoms with E-state index in [1.165, 1.54) is 0 Å². The highest BCUT2D eigenvalue weighted by Crippen LogP contribution is 2.23. The summed E-state index contributed by atoms with van der Waals surface area (Å²) in [4.78, 5) is 35.1. The van der Waals surface area contributed by atoms with Gasteiger partial charge >= 0.3 is 0 Å². The predicted octanol–water partition coefficient (Wildman–Crippen LogP) is 4.39. The first kappa shape index (κ1) is 25.9. The van der Waals surface area contributed by atoms with E-state index in [1.54, 1.807) is 0 Å². The highest BCUT2D eigenvalue weighted by atomic mass is 16.2. The van der Waals surface area contributed by atoms with Crippen LogP contribution in [-0.4, -0.2) is 52.4 Å². The van der Waals surface area contributed by atoms with Gasteiger partial charge in [0, 0.05) is 64.2 Å². The fourth-order valence-electron chi connectivity index (χ4n) is 5.03. The van der Waals surface area contributed by atoms with Crippen LogP contribution in [0.4, 0.5) is 5.69 Å². The number of fused-ring (bicyclic) bond motifs is 2. The van der Waals surface area contributed by atoms with E-state index in [-0.39, 0.29) is 11.8 Å². The molecule has 2 heterocycles. The van der Waals surface area contributed by atoms with Crippen LogP contribution in [-0.2, 0) is 29.1 Å². The number of carbonyl (C=O) groups is 2. The second-order valence-electron chi connectivity index (χ2n) is 9.94. The molecule has 3 aromatic rings. The van der Waals surface area contributed by atoms with Gasteiger partial charge in [-0.05, 0) is 43.0 Å². The lowest BCUT2D eigenvalue weighted by molar-refractivity contribution is -0.131. The second kappa shape index (κ2) is 12.2. The van der Waals surface area contributed by atoms with Crippen molar-refractivity contribution < 1.29 is 9.59 Å². The molecule has 7 nitrogen and oxygen atoms in total. The molecular formula is C29H39N5O2. The monoisotopic (exact) mass is 489 g/mol. The molecule has 0 fully saturated rings. The molecule has 0 unspecified atom stereocenters. The van der Waals surface area contributed by atoms with Crippen molar-refractivity contribution >= 4 is 28.5 Å². The van der Waals surface area contributed by atoms with Gasteiger partial charge in [0.05, 0.1) is 11.0 Å². The SMILES string of the molecule is CCn1c(CCC(=O)N2CCCN(C(=O)CC(C)C)c3ccccc3CNCC2)nc2ccccc21. The van der Waals surface area contributed by atoms with Crippen LogP contribution in [0, 0.1) is 5.92 Å². The van der Waals surface area contributed by atoms with E-state index in [0.717, 1.165) is 41.1 Å². The van der Waals surface area contributed by atoms with E-state index in [1.807, 2.05) is 46.2 Å². The number of hydrogen-bond donors (Lipinski definition) is 1. The lowest BCUT2D eigenvalue weighted by Gasteiger charge is -2.27. The molecule has 2 aromatic carbocycles. The third kappa shape index (κ3) is 6.13. The molecule has 1 aliphatic heterocycles. The minimum Gasteiger partial charge on any atom is -0.341 e. The maximum Gasteiger partial charge on any atom is 0.227 e. The Labute approximate surface area is 214 Å². The number of benzene rings is 2. The van der Waals surface area contributed by atoms with E-state index >= 15 is 0 Å². The van der Waals surface area contributed by atoms with Crippen molar-refractivity contribution in [3.63, 3.8) is 0 Å². The maximum absolute atomic E-state index is 13.3. The van der Waals surface area contributed by atoms with Crippen molar-refractivity contribution in [1.82, 2.24) is 19.8 Å². The number of aromatic nitrogens is 2. The fourth-order valence-corrected chi connectivity index (χ4v) is 5.03.